The molecule has 0 aliphatic carbocycles. The number of anilines is 1. The van der Waals surface area contributed by atoms with Crippen molar-refractivity contribution in [3.8, 4) is 0 Å². The molecule has 16 heavy (non-hydrogen) atoms. The number of pyridine rings is 1. The van der Waals surface area contributed by atoms with Gasteiger partial charge in [-0.1, -0.05) is 6.92 Å². The van der Waals surface area contributed by atoms with Gasteiger partial charge in [-0.3, -0.25) is 0 Å². The molecule has 0 radical (unpaired) electrons. The maximum absolute atomic E-state index is 5.80. The van der Waals surface area contributed by atoms with E-state index in [-0.39, 0.29) is 0 Å². The Balaban J connectivity index is 2.14. The lowest BCUT2D eigenvalue weighted by Gasteiger charge is -2.32. The summed E-state index contributed by atoms with van der Waals surface area (Å²) in [5, 5.41) is 0. The van der Waals surface area contributed by atoms with E-state index in [0.29, 0.717) is 5.88 Å². The van der Waals surface area contributed by atoms with Crippen LogP contribution in [-0.4, -0.2) is 18.1 Å². The molecule has 3 heteroatoms. The molecule has 0 aromatic carbocycles. The molecular weight excluding hydrogens is 220 g/mol. The predicted octanol–water partition coefficient (Wildman–Crippen LogP) is 3.37. The Morgan fingerprint density at radius 1 is 1.44 bits per heavy atom. The molecule has 2 rings (SSSR count). The van der Waals surface area contributed by atoms with E-state index in [2.05, 4.69) is 29.8 Å². The van der Waals surface area contributed by atoms with Gasteiger partial charge in [0, 0.05) is 25.2 Å². The van der Waals surface area contributed by atoms with Crippen LogP contribution in [0.5, 0.6) is 0 Å². The molecule has 1 aromatic rings. The maximum atomic E-state index is 5.80. The minimum atomic E-state index is 0.547. The van der Waals surface area contributed by atoms with Crippen molar-refractivity contribution in [3.05, 3.63) is 23.4 Å². The van der Waals surface area contributed by atoms with E-state index in [1.807, 2.05) is 6.20 Å². The molecular formula is C13H19ClN2. The second kappa shape index (κ2) is 5.05. The van der Waals surface area contributed by atoms with Gasteiger partial charge < -0.3 is 4.90 Å². The molecule has 1 aromatic heterocycles. The van der Waals surface area contributed by atoms with Gasteiger partial charge in [0.25, 0.3) is 0 Å². The van der Waals surface area contributed by atoms with Crippen molar-refractivity contribution < 1.29 is 0 Å². The maximum Gasteiger partial charge on any atom is 0.131 e. The van der Waals surface area contributed by atoms with Crippen LogP contribution in [0.15, 0.2) is 12.3 Å². The van der Waals surface area contributed by atoms with E-state index in [9.17, 15) is 0 Å². The molecule has 1 fully saturated rings. The zero-order chi connectivity index (χ0) is 11.5. The Morgan fingerprint density at radius 3 is 2.69 bits per heavy atom. The van der Waals surface area contributed by atoms with Crippen molar-refractivity contribution in [1.29, 1.82) is 0 Å². The molecule has 2 heterocycles. The number of halogens is 1. The fourth-order valence-electron chi connectivity index (χ4n) is 2.25. The number of nitrogens with zero attached hydrogens (tertiary/aromatic N) is 2. The highest BCUT2D eigenvalue weighted by Gasteiger charge is 2.18. The van der Waals surface area contributed by atoms with Crippen LogP contribution in [0.25, 0.3) is 0 Å². The fourth-order valence-corrected chi connectivity index (χ4v) is 2.40. The third kappa shape index (κ3) is 2.49. The number of rotatable bonds is 2. The van der Waals surface area contributed by atoms with Crippen molar-refractivity contribution in [2.45, 2.75) is 32.6 Å². The van der Waals surface area contributed by atoms with Crippen LogP contribution in [0.2, 0.25) is 0 Å². The summed E-state index contributed by atoms with van der Waals surface area (Å²) in [7, 11) is 0. The zero-order valence-electron chi connectivity index (χ0n) is 10.0. The van der Waals surface area contributed by atoms with Gasteiger partial charge in [0.1, 0.15) is 5.82 Å². The summed E-state index contributed by atoms with van der Waals surface area (Å²) in [5.74, 6) is 2.55. The van der Waals surface area contributed by atoms with Crippen molar-refractivity contribution in [1.82, 2.24) is 4.98 Å². The third-order valence-corrected chi connectivity index (χ3v) is 3.65. The molecule has 1 saturated heterocycles. The lowest BCUT2D eigenvalue weighted by atomic mass is 9.99. The Bertz CT molecular complexity index is 357. The monoisotopic (exact) mass is 238 g/mol. The second-order valence-electron chi connectivity index (χ2n) is 4.79. The average molecular weight is 239 g/mol. The fraction of sp³-hybridized carbons (Fsp3) is 0.615. The lowest BCUT2D eigenvalue weighted by molar-refractivity contribution is 0.436. The largest absolute Gasteiger partial charge is 0.356 e. The molecule has 0 saturated carbocycles. The lowest BCUT2D eigenvalue weighted by Crippen LogP contribution is -2.33. The molecule has 88 valence electrons. The van der Waals surface area contributed by atoms with Crippen LogP contribution in [-0.2, 0) is 5.88 Å². The summed E-state index contributed by atoms with van der Waals surface area (Å²) in [5.41, 5.74) is 2.35. The highest BCUT2D eigenvalue weighted by atomic mass is 35.5. The number of alkyl halides is 1. The minimum absolute atomic E-state index is 0.547. The van der Waals surface area contributed by atoms with Gasteiger partial charge in [-0.2, -0.15) is 0 Å². The van der Waals surface area contributed by atoms with Crippen molar-refractivity contribution >= 4 is 17.4 Å². The third-order valence-electron chi connectivity index (χ3n) is 3.34. The van der Waals surface area contributed by atoms with E-state index in [0.717, 1.165) is 30.4 Å². The van der Waals surface area contributed by atoms with E-state index < -0.39 is 0 Å². The predicted molar refractivity (Wildman–Crippen MR) is 69.1 cm³/mol. The van der Waals surface area contributed by atoms with Crippen LogP contribution in [0.1, 0.15) is 30.9 Å². The summed E-state index contributed by atoms with van der Waals surface area (Å²) in [6.07, 6.45) is 4.45. The smallest absolute Gasteiger partial charge is 0.131 e. The molecule has 0 spiro atoms. The van der Waals surface area contributed by atoms with E-state index in [1.165, 1.54) is 18.4 Å². The molecule has 0 bridgehead atoms. The molecule has 0 amide bonds. The standard InChI is InChI=1S/C13H19ClN2/c1-10-3-5-16(6-4-10)13-11(2)7-12(8-14)9-15-13/h7,9-10H,3-6,8H2,1-2H3. The molecule has 0 N–H and O–H groups in total. The van der Waals surface area contributed by atoms with Gasteiger partial charge in [0.15, 0.2) is 0 Å². The first-order valence-corrected chi connectivity index (χ1v) is 6.50. The van der Waals surface area contributed by atoms with Gasteiger partial charge in [0.2, 0.25) is 0 Å². The van der Waals surface area contributed by atoms with Crippen molar-refractivity contribution in [2.75, 3.05) is 18.0 Å². The normalized spacial score (nSPS) is 17.8. The van der Waals surface area contributed by atoms with Gasteiger partial charge in [0.05, 0.1) is 0 Å². The van der Waals surface area contributed by atoms with Crippen molar-refractivity contribution in [2.24, 2.45) is 5.92 Å². The van der Waals surface area contributed by atoms with Crippen LogP contribution in [0.4, 0.5) is 5.82 Å². The van der Waals surface area contributed by atoms with E-state index >= 15 is 0 Å². The van der Waals surface area contributed by atoms with E-state index in [1.54, 1.807) is 0 Å². The summed E-state index contributed by atoms with van der Waals surface area (Å²) in [4.78, 5) is 6.94. The molecule has 0 atom stereocenters. The topological polar surface area (TPSA) is 16.1 Å². The summed E-state index contributed by atoms with van der Waals surface area (Å²) < 4.78 is 0. The van der Waals surface area contributed by atoms with Crippen molar-refractivity contribution in [3.63, 3.8) is 0 Å². The van der Waals surface area contributed by atoms with Crippen LogP contribution in [0, 0.1) is 12.8 Å². The number of aryl methyl sites for hydroxylation is 1. The first kappa shape index (κ1) is 11.7. The van der Waals surface area contributed by atoms with Gasteiger partial charge in [-0.25, -0.2) is 4.98 Å². The van der Waals surface area contributed by atoms with Gasteiger partial charge in [-0.05, 0) is 42.9 Å². The van der Waals surface area contributed by atoms with Crippen LogP contribution >= 0.6 is 11.6 Å². The SMILES string of the molecule is Cc1cc(CCl)cnc1N1CCC(C)CC1. The Hall–Kier alpha value is -0.760. The Labute approximate surface area is 103 Å². The van der Waals surface area contributed by atoms with Crippen LogP contribution < -0.4 is 4.90 Å². The summed E-state index contributed by atoms with van der Waals surface area (Å²) in [6, 6.07) is 2.15. The molecule has 2 nitrogen and oxygen atoms in total. The molecule has 1 aliphatic heterocycles. The second-order valence-corrected chi connectivity index (χ2v) is 5.05. The summed E-state index contributed by atoms with van der Waals surface area (Å²) >= 11 is 5.80. The minimum Gasteiger partial charge on any atom is -0.356 e. The summed E-state index contributed by atoms with van der Waals surface area (Å²) in [6.45, 7) is 6.72. The Morgan fingerprint density at radius 2 is 2.12 bits per heavy atom. The number of hydrogen-bond donors (Lipinski definition) is 0. The first-order valence-electron chi connectivity index (χ1n) is 5.97. The van der Waals surface area contributed by atoms with Crippen LogP contribution in [0.3, 0.4) is 0 Å². The highest BCUT2D eigenvalue weighted by Crippen LogP contribution is 2.24. The number of piperidine rings is 1. The van der Waals surface area contributed by atoms with Gasteiger partial charge >= 0.3 is 0 Å². The average Bonchev–Trinajstić information content (AvgIpc) is 2.30. The van der Waals surface area contributed by atoms with Gasteiger partial charge in [-0.15, -0.1) is 11.6 Å². The highest BCUT2D eigenvalue weighted by molar-refractivity contribution is 6.17. The molecule has 1 aliphatic rings. The number of hydrogen-bond acceptors (Lipinski definition) is 2. The first-order chi connectivity index (χ1) is 7.70. The zero-order valence-corrected chi connectivity index (χ0v) is 10.8. The van der Waals surface area contributed by atoms with E-state index in [4.69, 9.17) is 11.6 Å². The number of aromatic nitrogens is 1. The molecule has 0 unspecified atom stereocenters. The Kier molecular flexibility index (Phi) is 3.70. The quantitative estimate of drug-likeness (QED) is 0.735.